The Morgan fingerprint density at radius 2 is 2.00 bits per heavy atom. The summed E-state index contributed by atoms with van der Waals surface area (Å²) in [5.74, 6) is -0.633. The third-order valence-corrected chi connectivity index (χ3v) is 4.84. The van der Waals surface area contributed by atoms with Crippen molar-refractivity contribution < 1.29 is 14.2 Å². The van der Waals surface area contributed by atoms with Gasteiger partial charge in [-0.3, -0.25) is 4.99 Å². The summed E-state index contributed by atoms with van der Waals surface area (Å²) in [4.78, 5) is 8.77. The fraction of sp³-hybridized carbons (Fsp3) is 0.700. The Kier molecular flexibility index (Phi) is 8.29. The number of methoxy groups -OCH3 is 2. The molecule has 0 aromatic heterocycles. The van der Waals surface area contributed by atoms with E-state index in [1.807, 2.05) is 25.1 Å². The van der Waals surface area contributed by atoms with E-state index in [-0.39, 0.29) is 0 Å². The first-order valence-electron chi connectivity index (χ1n) is 9.55. The molecule has 7 heteroatoms. The average Bonchev–Trinajstić information content (AvgIpc) is 2.70. The van der Waals surface area contributed by atoms with E-state index in [2.05, 4.69) is 16.0 Å². The molecule has 2 aliphatic rings. The number of aliphatic imine (C=N–C) groups is 1. The lowest BCUT2D eigenvalue weighted by Gasteiger charge is -2.34. The van der Waals surface area contributed by atoms with Crippen LogP contribution in [0.25, 0.3) is 0 Å². The normalized spacial score (nSPS) is 22.9. The molecule has 0 bridgehead atoms. The smallest absolute Gasteiger partial charge is 0.248 e. The van der Waals surface area contributed by atoms with Gasteiger partial charge in [-0.25, -0.2) is 0 Å². The summed E-state index contributed by atoms with van der Waals surface area (Å²) in [6.07, 6.45) is 10.0. The molecule has 2 rings (SSSR count). The van der Waals surface area contributed by atoms with Crippen molar-refractivity contribution in [3.05, 3.63) is 23.5 Å². The maximum Gasteiger partial charge on any atom is 0.248 e. The van der Waals surface area contributed by atoms with E-state index in [1.54, 1.807) is 26.6 Å². The molecule has 1 fully saturated rings. The second kappa shape index (κ2) is 10.5. The molecule has 0 amide bonds. The minimum Gasteiger partial charge on any atom is -0.492 e. The summed E-state index contributed by atoms with van der Waals surface area (Å²) in [6.45, 7) is 3.95. The van der Waals surface area contributed by atoms with Gasteiger partial charge in [-0.1, -0.05) is 6.42 Å². The molecule has 0 aromatic rings. The predicted molar refractivity (Wildman–Crippen MR) is 105 cm³/mol. The fourth-order valence-electron chi connectivity index (χ4n) is 3.34. The van der Waals surface area contributed by atoms with Crippen LogP contribution in [0.3, 0.4) is 0 Å². The van der Waals surface area contributed by atoms with Crippen LogP contribution in [0.4, 0.5) is 0 Å². The third kappa shape index (κ3) is 5.80. The van der Waals surface area contributed by atoms with Gasteiger partial charge in [0.15, 0.2) is 5.76 Å². The van der Waals surface area contributed by atoms with Crippen LogP contribution in [0, 0.1) is 11.3 Å². The fourth-order valence-corrected chi connectivity index (χ4v) is 3.34. The molecule has 150 valence electrons. The van der Waals surface area contributed by atoms with E-state index in [9.17, 15) is 5.26 Å². The quantitative estimate of drug-likeness (QED) is 0.266. The Hall–Kier alpha value is -1.88. The highest BCUT2D eigenvalue weighted by Gasteiger charge is 2.40. The molecule has 1 aliphatic heterocycles. The Labute approximate surface area is 162 Å². The molecule has 0 spiro atoms. The van der Waals surface area contributed by atoms with Crippen LogP contribution >= 0.6 is 0 Å². The second-order valence-electron chi connectivity index (χ2n) is 7.10. The molecule has 7 nitrogen and oxygen atoms in total. The van der Waals surface area contributed by atoms with Crippen molar-refractivity contribution in [2.45, 2.75) is 37.5 Å². The zero-order chi connectivity index (χ0) is 19.7. The third-order valence-electron chi connectivity index (χ3n) is 4.84. The summed E-state index contributed by atoms with van der Waals surface area (Å²) >= 11 is 0. The highest BCUT2D eigenvalue weighted by Crippen LogP contribution is 2.33. The molecule has 0 saturated carbocycles. The number of ether oxygens (including phenoxy) is 3. The van der Waals surface area contributed by atoms with Crippen molar-refractivity contribution in [3.8, 4) is 6.07 Å². The van der Waals surface area contributed by atoms with E-state index >= 15 is 0 Å². The zero-order valence-corrected chi connectivity index (χ0v) is 17.0. The predicted octanol–water partition coefficient (Wildman–Crippen LogP) is 2.17. The highest BCUT2D eigenvalue weighted by atomic mass is 16.7. The molecule has 1 aliphatic carbocycles. The lowest BCUT2D eigenvalue weighted by Crippen LogP contribution is -2.39. The molecular weight excluding hydrogens is 344 g/mol. The number of rotatable bonds is 9. The number of nitriles is 1. The first-order chi connectivity index (χ1) is 13.0. The molecule has 1 heterocycles. The molecule has 1 atom stereocenters. The van der Waals surface area contributed by atoms with E-state index in [4.69, 9.17) is 14.2 Å². The minimum absolute atomic E-state index is 0.409. The number of likely N-dealkylation sites (tertiary alicyclic amines) is 1. The van der Waals surface area contributed by atoms with Crippen LogP contribution in [0.1, 0.15) is 25.7 Å². The lowest BCUT2D eigenvalue weighted by atomic mass is 9.96. The van der Waals surface area contributed by atoms with Gasteiger partial charge < -0.3 is 24.0 Å². The van der Waals surface area contributed by atoms with Crippen LogP contribution in [0.15, 0.2) is 28.5 Å². The van der Waals surface area contributed by atoms with Gasteiger partial charge >= 0.3 is 0 Å². The van der Waals surface area contributed by atoms with Gasteiger partial charge in [-0.05, 0) is 44.5 Å². The number of hydrogen-bond donors (Lipinski definition) is 0. The number of piperidine rings is 1. The second-order valence-corrected chi connectivity index (χ2v) is 7.10. The van der Waals surface area contributed by atoms with E-state index in [0.29, 0.717) is 17.9 Å². The first kappa shape index (κ1) is 21.4. The zero-order valence-electron chi connectivity index (χ0n) is 17.0. The SMILES string of the molecule is COC1(OC)C=C(C#N)C(N=CN(C)C)C=C1OCCCN1CCCCC1. The van der Waals surface area contributed by atoms with E-state index < -0.39 is 11.8 Å². The van der Waals surface area contributed by atoms with Crippen LogP contribution in [-0.4, -0.2) is 82.5 Å². The van der Waals surface area contributed by atoms with E-state index in [1.165, 1.54) is 32.4 Å². The van der Waals surface area contributed by atoms with Crippen molar-refractivity contribution >= 4 is 6.34 Å². The molecule has 1 unspecified atom stereocenters. The Bertz CT molecular complexity index is 597. The van der Waals surface area contributed by atoms with Gasteiger partial charge in [0.25, 0.3) is 0 Å². The Morgan fingerprint density at radius 1 is 1.30 bits per heavy atom. The van der Waals surface area contributed by atoms with Gasteiger partial charge in [-0.15, -0.1) is 0 Å². The van der Waals surface area contributed by atoms with Crippen LogP contribution in [-0.2, 0) is 14.2 Å². The summed E-state index contributed by atoms with van der Waals surface area (Å²) < 4.78 is 17.2. The molecule has 0 aromatic carbocycles. The maximum absolute atomic E-state index is 9.50. The minimum atomic E-state index is -1.18. The van der Waals surface area contributed by atoms with Gasteiger partial charge in [0.2, 0.25) is 5.79 Å². The standard InChI is InChI=1S/C20H32N4O3/c1-23(2)16-22-18-13-19(20(25-3,26-4)14-17(18)15-21)27-12-8-11-24-9-6-5-7-10-24/h13-14,16,18H,5-12H2,1-4H3. The van der Waals surface area contributed by atoms with Gasteiger partial charge in [0.05, 0.1) is 24.6 Å². The summed E-state index contributed by atoms with van der Waals surface area (Å²) in [6, 6.07) is 1.78. The topological polar surface area (TPSA) is 70.3 Å². The van der Waals surface area contributed by atoms with Crippen molar-refractivity contribution in [1.82, 2.24) is 9.80 Å². The Morgan fingerprint density at radius 3 is 2.59 bits per heavy atom. The average molecular weight is 377 g/mol. The summed E-state index contributed by atoms with van der Waals surface area (Å²) in [5, 5.41) is 9.50. The first-order valence-corrected chi connectivity index (χ1v) is 9.55. The molecular formula is C20H32N4O3. The van der Waals surface area contributed by atoms with Crippen molar-refractivity contribution in [2.75, 3.05) is 54.6 Å². The monoisotopic (exact) mass is 376 g/mol. The Balaban J connectivity index is 2.05. The maximum atomic E-state index is 9.50. The molecule has 27 heavy (non-hydrogen) atoms. The van der Waals surface area contributed by atoms with Crippen LogP contribution in [0.5, 0.6) is 0 Å². The molecule has 1 saturated heterocycles. The van der Waals surface area contributed by atoms with Gasteiger partial charge in [0, 0.05) is 34.9 Å². The summed E-state index contributed by atoms with van der Waals surface area (Å²) in [5.41, 5.74) is 0.470. The van der Waals surface area contributed by atoms with Crippen molar-refractivity contribution in [3.63, 3.8) is 0 Å². The largest absolute Gasteiger partial charge is 0.492 e. The molecule has 0 N–H and O–H groups in total. The van der Waals surface area contributed by atoms with Crippen LogP contribution < -0.4 is 0 Å². The van der Waals surface area contributed by atoms with Gasteiger partial charge in [-0.2, -0.15) is 5.26 Å². The van der Waals surface area contributed by atoms with Gasteiger partial charge in [0.1, 0.15) is 6.04 Å². The number of nitrogens with zero attached hydrogens (tertiary/aromatic N) is 4. The van der Waals surface area contributed by atoms with E-state index in [0.717, 1.165) is 13.0 Å². The van der Waals surface area contributed by atoms with Crippen molar-refractivity contribution in [1.29, 1.82) is 5.26 Å². The molecule has 0 radical (unpaired) electrons. The lowest BCUT2D eigenvalue weighted by molar-refractivity contribution is -0.170. The van der Waals surface area contributed by atoms with Crippen LogP contribution in [0.2, 0.25) is 0 Å². The van der Waals surface area contributed by atoms with Crippen molar-refractivity contribution in [2.24, 2.45) is 4.99 Å². The number of hydrogen-bond acceptors (Lipinski definition) is 6. The summed E-state index contributed by atoms with van der Waals surface area (Å²) in [7, 11) is 6.86. The highest BCUT2D eigenvalue weighted by molar-refractivity contribution is 5.56.